The molecule has 1 aliphatic heterocycles. The van der Waals surface area contributed by atoms with Crippen LogP contribution in [0, 0.1) is 0 Å². The lowest BCUT2D eigenvalue weighted by atomic mass is 10.2. The van der Waals surface area contributed by atoms with Crippen LogP contribution in [0.4, 0.5) is 0 Å². The fourth-order valence-electron chi connectivity index (χ4n) is 1.56. The number of sulfone groups is 1. The number of rotatable bonds is 2. The van der Waals surface area contributed by atoms with Gasteiger partial charge in [0.15, 0.2) is 9.84 Å². The molecule has 0 bridgehead atoms. The summed E-state index contributed by atoms with van der Waals surface area (Å²) in [6.07, 6.45) is 0.517. The van der Waals surface area contributed by atoms with Crippen LogP contribution in [0.1, 0.15) is 27.2 Å². The summed E-state index contributed by atoms with van der Waals surface area (Å²) in [5.41, 5.74) is -0.354. The number of hydrogen-bond acceptors (Lipinski definition) is 4. The van der Waals surface area contributed by atoms with Gasteiger partial charge in [0, 0.05) is 13.1 Å². The third-order valence-corrected chi connectivity index (χ3v) is 4.25. The number of nitrogens with zero attached hydrogens (tertiary/aromatic N) is 1. The zero-order valence-corrected chi connectivity index (χ0v) is 11.5. The maximum Gasteiger partial charge on any atom is 0.248 e. The van der Waals surface area contributed by atoms with E-state index in [0.29, 0.717) is 13.0 Å². The van der Waals surface area contributed by atoms with Gasteiger partial charge in [0.25, 0.3) is 0 Å². The molecule has 6 heteroatoms. The van der Waals surface area contributed by atoms with Gasteiger partial charge in [-0.05, 0) is 27.2 Å². The zero-order chi connectivity index (χ0) is 13.1. The van der Waals surface area contributed by atoms with Crippen LogP contribution < -0.4 is 0 Å². The molecule has 0 atom stereocenters. The van der Waals surface area contributed by atoms with E-state index in [4.69, 9.17) is 4.74 Å². The quantitative estimate of drug-likeness (QED) is 0.725. The molecule has 1 rings (SSSR count). The van der Waals surface area contributed by atoms with Crippen LogP contribution in [0.5, 0.6) is 0 Å². The molecule has 1 saturated heterocycles. The molecule has 100 valence electrons. The highest BCUT2D eigenvalue weighted by atomic mass is 32.2. The predicted molar refractivity (Wildman–Crippen MR) is 65.6 cm³/mol. The molecule has 0 radical (unpaired) electrons. The van der Waals surface area contributed by atoms with Crippen LogP contribution in [0.3, 0.4) is 0 Å². The minimum atomic E-state index is -2.96. The van der Waals surface area contributed by atoms with E-state index in [1.54, 1.807) is 4.90 Å². The Hall–Kier alpha value is -0.620. The highest BCUT2D eigenvalue weighted by Gasteiger charge is 2.23. The largest absolute Gasteiger partial charge is 0.366 e. The molecule has 0 aromatic rings. The molecule has 0 aromatic heterocycles. The van der Waals surface area contributed by atoms with Crippen molar-refractivity contribution >= 4 is 15.7 Å². The zero-order valence-electron chi connectivity index (χ0n) is 10.7. The van der Waals surface area contributed by atoms with Crippen LogP contribution in [0.25, 0.3) is 0 Å². The molecule has 0 aliphatic carbocycles. The Balaban J connectivity index is 2.48. The van der Waals surface area contributed by atoms with Crippen molar-refractivity contribution in [3.63, 3.8) is 0 Å². The van der Waals surface area contributed by atoms with Gasteiger partial charge in [-0.15, -0.1) is 0 Å². The van der Waals surface area contributed by atoms with E-state index in [1.165, 1.54) is 0 Å². The summed E-state index contributed by atoms with van der Waals surface area (Å²) in [5.74, 6) is 0.113. The first-order valence-electron chi connectivity index (χ1n) is 5.82. The number of carbonyl (C=O) groups excluding carboxylic acids is 1. The van der Waals surface area contributed by atoms with Gasteiger partial charge in [0.1, 0.15) is 6.61 Å². The van der Waals surface area contributed by atoms with Crippen molar-refractivity contribution in [1.82, 2.24) is 4.90 Å². The predicted octanol–water partition coefficient (Wildman–Crippen LogP) is 0.449. The van der Waals surface area contributed by atoms with Crippen LogP contribution in [-0.4, -0.2) is 56.0 Å². The molecule has 1 fully saturated rings. The molecule has 0 unspecified atom stereocenters. The minimum absolute atomic E-state index is 0.0174. The van der Waals surface area contributed by atoms with E-state index in [0.717, 1.165) is 0 Å². The van der Waals surface area contributed by atoms with Gasteiger partial charge in [-0.3, -0.25) is 4.79 Å². The number of hydrogen-bond donors (Lipinski definition) is 0. The first-order chi connectivity index (χ1) is 7.70. The summed E-state index contributed by atoms with van der Waals surface area (Å²) in [5, 5.41) is 0. The summed E-state index contributed by atoms with van der Waals surface area (Å²) in [6.45, 7) is 6.46. The fourth-order valence-corrected chi connectivity index (χ4v) is 2.83. The highest BCUT2D eigenvalue weighted by Crippen LogP contribution is 2.09. The average Bonchev–Trinajstić information content (AvgIpc) is 2.35. The Bertz CT molecular complexity index is 369. The SMILES string of the molecule is CC(C)(C)OCC(=O)N1CCCS(=O)(=O)CC1. The summed E-state index contributed by atoms with van der Waals surface area (Å²) in [4.78, 5) is 13.4. The number of amides is 1. The van der Waals surface area contributed by atoms with Gasteiger partial charge in [0.2, 0.25) is 5.91 Å². The van der Waals surface area contributed by atoms with Crippen molar-refractivity contribution < 1.29 is 17.9 Å². The van der Waals surface area contributed by atoms with Crippen LogP contribution in [0.2, 0.25) is 0 Å². The smallest absolute Gasteiger partial charge is 0.248 e. The average molecular weight is 263 g/mol. The monoisotopic (exact) mass is 263 g/mol. The van der Waals surface area contributed by atoms with E-state index >= 15 is 0 Å². The van der Waals surface area contributed by atoms with Gasteiger partial charge >= 0.3 is 0 Å². The first-order valence-corrected chi connectivity index (χ1v) is 7.64. The van der Waals surface area contributed by atoms with Crippen LogP contribution in [-0.2, 0) is 19.4 Å². The van der Waals surface area contributed by atoms with Crippen molar-refractivity contribution in [2.75, 3.05) is 31.2 Å². The lowest BCUT2D eigenvalue weighted by molar-refractivity contribution is -0.140. The third kappa shape index (κ3) is 5.50. The molecule has 5 nitrogen and oxygen atoms in total. The number of ether oxygens (including phenoxy) is 1. The first kappa shape index (κ1) is 14.4. The molecule has 0 saturated carbocycles. The Morgan fingerprint density at radius 2 is 1.88 bits per heavy atom. The highest BCUT2D eigenvalue weighted by molar-refractivity contribution is 7.91. The minimum Gasteiger partial charge on any atom is -0.366 e. The second-order valence-electron chi connectivity index (χ2n) is 5.29. The van der Waals surface area contributed by atoms with Gasteiger partial charge in [-0.1, -0.05) is 0 Å². The summed E-state index contributed by atoms with van der Waals surface area (Å²) in [6, 6.07) is 0. The standard InChI is InChI=1S/C11H21NO4S/c1-11(2,3)16-9-10(13)12-5-4-7-17(14,15)8-6-12/h4-9H2,1-3H3. The molecule has 1 aliphatic rings. The van der Waals surface area contributed by atoms with E-state index in [9.17, 15) is 13.2 Å². The third-order valence-electron chi connectivity index (χ3n) is 2.54. The molecule has 0 aromatic carbocycles. The Labute approximate surface area is 103 Å². The maximum atomic E-state index is 11.8. The van der Waals surface area contributed by atoms with E-state index in [2.05, 4.69) is 0 Å². The molecule has 1 heterocycles. The van der Waals surface area contributed by atoms with Crippen molar-refractivity contribution in [2.24, 2.45) is 0 Å². The van der Waals surface area contributed by atoms with Crippen molar-refractivity contribution in [1.29, 1.82) is 0 Å². The molecule has 1 amide bonds. The van der Waals surface area contributed by atoms with E-state index in [1.807, 2.05) is 20.8 Å². The van der Waals surface area contributed by atoms with Gasteiger partial charge in [-0.2, -0.15) is 0 Å². The maximum absolute atomic E-state index is 11.8. The Kier molecular flexibility index (Phi) is 4.55. The van der Waals surface area contributed by atoms with Gasteiger partial charge in [-0.25, -0.2) is 8.42 Å². The van der Waals surface area contributed by atoms with Crippen LogP contribution >= 0.6 is 0 Å². The Morgan fingerprint density at radius 3 is 2.47 bits per heavy atom. The Morgan fingerprint density at radius 1 is 1.24 bits per heavy atom. The molecular weight excluding hydrogens is 242 g/mol. The molecule has 0 N–H and O–H groups in total. The second-order valence-corrected chi connectivity index (χ2v) is 7.59. The van der Waals surface area contributed by atoms with Crippen molar-refractivity contribution in [3.8, 4) is 0 Å². The van der Waals surface area contributed by atoms with E-state index < -0.39 is 9.84 Å². The van der Waals surface area contributed by atoms with Crippen molar-refractivity contribution in [3.05, 3.63) is 0 Å². The second kappa shape index (κ2) is 5.35. The van der Waals surface area contributed by atoms with Crippen molar-refractivity contribution in [2.45, 2.75) is 32.8 Å². The fraction of sp³-hybridized carbons (Fsp3) is 0.909. The molecule has 0 spiro atoms. The lowest BCUT2D eigenvalue weighted by Gasteiger charge is -2.24. The summed E-state index contributed by atoms with van der Waals surface area (Å²) < 4.78 is 28.2. The lowest BCUT2D eigenvalue weighted by Crippen LogP contribution is -2.38. The number of carbonyl (C=O) groups is 1. The van der Waals surface area contributed by atoms with E-state index in [-0.39, 0.29) is 36.2 Å². The molecule has 17 heavy (non-hydrogen) atoms. The van der Waals surface area contributed by atoms with Gasteiger partial charge in [0.05, 0.1) is 17.1 Å². The summed E-state index contributed by atoms with van der Waals surface area (Å²) in [7, 11) is -2.96. The summed E-state index contributed by atoms with van der Waals surface area (Å²) >= 11 is 0. The normalized spacial score (nSPS) is 21.0. The molecular formula is C11H21NO4S. The topological polar surface area (TPSA) is 63.7 Å². The van der Waals surface area contributed by atoms with Crippen LogP contribution in [0.15, 0.2) is 0 Å². The van der Waals surface area contributed by atoms with Gasteiger partial charge < -0.3 is 9.64 Å².